The molecule has 0 fully saturated rings. The van der Waals surface area contributed by atoms with E-state index in [0.29, 0.717) is 5.69 Å². The Bertz CT molecular complexity index is 796. The third kappa shape index (κ3) is 4.95. The number of carbonyl (C=O) groups excluding carboxylic acids is 3. The Morgan fingerprint density at radius 2 is 1.72 bits per heavy atom. The van der Waals surface area contributed by atoms with E-state index in [9.17, 15) is 14.4 Å². The Labute approximate surface area is 149 Å². The van der Waals surface area contributed by atoms with Crippen LogP contribution in [0.5, 0.6) is 0 Å². The summed E-state index contributed by atoms with van der Waals surface area (Å²) >= 11 is 6.12. The van der Waals surface area contributed by atoms with Gasteiger partial charge in [-0.25, -0.2) is 4.79 Å². The molecule has 130 valence electrons. The first-order chi connectivity index (χ1) is 11.9. The number of nitrogens with one attached hydrogen (secondary N) is 2. The van der Waals surface area contributed by atoms with Crippen molar-refractivity contribution in [3.05, 3.63) is 59.1 Å². The van der Waals surface area contributed by atoms with Gasteiger partial charge in [0.1, 0.15) is 0 Å². The number of anilines is 2. The summed E-state index contributed by atoms with van der Waals surface area (Å²) in [4.78, 5) is 35.3. The molecule has 0 saturated heterocycles. The molecular formula is C17H16ClN3O4. The quantitative estimate of drug-likeness (QED) is 0.760. The molecule has 7 nitrogen and oxygen atoms in total. The van der Waals surface area contributed by atoms with Gasteiger partial charge in [0.05, 0.1) is 16.3 Å². The van der Waals surface area contributed by atoms with Gasteiger partial charge in [-0.2, -0.15) is 0 Å². The van der Waals surface area contributed by atoms with Crippen molar-refractivity contribution in [2.75, 3.05) is 10.6 Å². The van der Waals surface area contributed by atoms with Crippen molar-refractivity contribution >= 4 is 40.9 Å². The molecule has 0 heterocycles. The second-order valence-electron chi connectivity index (χ2n) is 5.05. The van der Waals surface area contributed by atoms with Crippen LogP contribution in [0.25, 0.3) is 0 Å². The molecular weight excluding hydrogens is 346 g/mol. The number of hydrogen-bond donors (Lipinski definition) is 3. The third-order valence-corrected chi connectivity index (χ3v) is 3.51. The Kier molecular flexibility index (Phi) is 5.97. The number of rotatable bonds is 5. The van der Waals surface area contributed by atoms with Gasteiger partial charge in [-0.1, -0.05) is 35.9 Å². The zero-order chi connectivity index (χ0) is 18.4. The minimum Gasteiger partial charge on any atom is -0.437 e. The zero-order valence-corrected chi connectivity index (χ0v) is 14.0. The first-order valence-corrected chi connectivity index (χ1v) is 7.68. The van der Waals surface area contributed by atoms with Gasteiger partial charge in [0, 0.05) is 5.69 Å². The Morgan fingerprint density at radius 3 is 2.36 bits per heavy atom. The standard InChI is InChI=1S/C17H16ClN3O4/c1-10(25-17(19)24)15(22)21-13-9-5-8-12(18)14(13)16(23)20-11-6-3-2-4-7-11/h2-10H,1H3,(H2,19,24)(H,20,23)(H,21,22). The van der Waals surface area contributed by atoms with E-state index in [2.05, 4.69) is 15.4 Å². The summed E-state index contributed by atoms with van der Waals surface area (Å²) in [6.45, 7) is 1.36. The summed E-state index contributed by atoms with van der Waals surface area (Å²) in [6, 6.07) is 13.4. The normalized spacial score (nSPS) is 11.3. The second kappa shape index (κ2) is 8.16. The molecule has 0 bridgehead atoms. The first-order valence-electron chi connectivity index (χ1n) is 7.30. The number of para-hydroxylation sites is 1. The lowest BCUT2D eigenvalue weighted by molar-refractivity contribution is -0.123. The molecule has 3 amide bonds. The number of benzene rings is 2. The number of amides is 3. The van der Waals surface area contributed by atoms with Crippen LogP contribution in [0.3, 0.4) is 0 Å². The fraction of sp³-hybridized carbons (Fsp3) is 0.118. The van der Waals surface area contributed by atoms with Crippen LogP contribution >= 0.6 is 11.6 Å². The van der Waals surface area contributed by atoms with E-state index in [4.69, 9.17) is 17.3 Å². The maximum absolute atomic E-state index is 12.5. The van der Waals surface area contributed by atoms with Crippen molar-refractivity contribution < 1.29 is 19.1 Å². The van der Waals surface area contributed by atoms with Crippen molar-refractivity contribution in [3.8, 4) is 0 Å². The van der Waals surface area contributed by atoms with Crippen molar-refractivity contribution in [3.63, 3.8) is 0 Å². The molecule has 0 aliphatic heterocycles. The first kappa shape index (κ1) is 18.3. The van der Waals surface area contributed by atoms with Gasteiger partial charge in [-0.15, -0.1) is 0 Å². The van der Waals surface area contributed by atoms with Crippen LogP contribution < -0.4 is 16.4 Å². The van der Waals surface area contributed by atoms with E-state index in [-0.39, 0.29) is 16.3 Å². The number of ether oxygens (including phenoxy) is 1. The molecule has 25 heavy (non-hydrogen) atoms. The molecule has 2 aromatic rings. The van der Waals surface area contributed by atoms with Crippen LogP contribution in [-0.4, -0.2) is 24.0 Å². The highest BCUT2D eigenvalue weighted by Crippen LogP contribution is 2.26. The smallest absolute Gasteiger partial charge is 0.405 e. The number of primary amides is 1. The summed E-state index contributed by atoms with van der Waals surface area (Å²) in [6.07, 6.45) is -2.20. The molecule has 8 heteroatoms. The maximum Gasteiger partial charge on any atom is 0.405 e. The molecule has 0 spiro atoms. The SMILES string of the molecule is CC(OC(N)=O)C(=O)Nc1cccc(Cl)c1C(=O)Nc1ccccc1. The molecule has 0 radical (unpaired) electrons. The van der Waals surface area contributed by atoms with Gasteiger partial charge in [0.15, 0.2) is 6.10 Å². The van der Waals surface area contributed by atoms with Crippen molar-refractivity contribution in [1.29, 1.82) is 0 Å². The van der Waals surface area contributed by atoms with Gasteiger partial charge in [0.25, 0.3) is 11.8 Å². The van der Waals surface area contributed by atoms with Gasteiger partial charge in [-0.05, 0) is 31.2 Å². The maximum atomic E-state index is 12.5. The van der Waals surface area contributed by atoms with Crippen LogP contribution in [0.1, 0.15) is 17.3 Å². The molecule has 4 N–H and O–H groups in total. The number of carbonyl (C=O) groups is 3. The lowest BCUT2D eigenvalue weighted by atomic mass is 10.1. The highest BCUT2D eigenvalue weighted by molar-refractivity contribution is 6.35. The average Bonchev–Trinajstić information content (AvgIpc) is 2.55. The molecule has 0 aromatic heterocycles. The lowest BCUT2D eigenvalue weighted by Gasteiger charge is -2.15. The van der Waals surface area contributed by atoms with Crippen LogP contribution in [0.4, 0.5) is 16.2 Å². The molecule has 1 atom stereocenters. The third-order valence-electron chi connectivity index (χ3n) is 3.19. The molecule has 0 aliphatic rings. The fourth-order valence-corrected chi connectivity index (χ4v) is 2.30. The van der Waals surface area contributed by atoms with Crippen LogP contribution in [0.15, 0.2) is 48.5 Å². The highest BCUT2D eigenvalue weighted by atomic mass is 35.5. The van der Waals surface area contributed by atoms with Crippen molar-refractivity contribution in [2.45, 2.75) is 13.0 Å². The summed E-state index contributed by atoms with van der Waals surface area (Å²) in [5.74, 6) is -1.13. The number of nitrogens with two attached hydrogens (primary N) is 1. The van der Waals surface area contributed by atoms with E-state index in [1.54, 1.807) is 30.3 Å². The predicted octanol–water partition coefficient (Wildman–Crippen LogP) is 3.01. The monoisotopic (exact) mass is 361 g/mol. The number of hydrogen-bond acceptors (Lipinski definition) is 4. The summed E-state index contributed by atoms with van der Waals surface area (Å²) in [5.41, 5.74) is 5.74. The molecule has 2 rings (SSSR count). The molecule has 1 unspecified atom stereocenters. The zero-order valence-electron chi connectivity index (χ0n) is 13.3. The lowest BCUT2D eigenvalue weighted by Crippen LogP contribution is -2.32. The fourth-order valence-electron chi connectivity index (χ4n) is 2.04. The number of halogens is 1. The van der Waals surface area contributed by atoms with E-state index in [1.807, 2.05) is 6.07 Å². The average molecular weight is 362 g/mol. The highest BCUT2D eigenvalue weighted by Gasteiger charge is 2.21. The van der Waals surface area contributed by atoms with Gasteiger partial charge < -0.3 is 21.1 Å². The molecule has 0 saturated carbocycles. The Balaban J connectivity index is 2.22. The largest absolute Gasteiger partial charge is 0.437 e. The van der Waals surface area contributed by atoms with E-state index >= 15 is 0 Å². The molecule has 2 aromatic carbocycles. The van der Waals surface area contributed by atoms with Crippen LogP contribution in [-0.2, 0) is 9.53 Å². The second-order valence-corrected chi connectivity index (χ2v) is 5.46. The minimum atomic E-state index is -1.12. The Morgan fingerprint density at radius 1 is 1.04 bits per heavy atom. The van der Waals surface area contributed by atoms with Crippen LogP contribution in [0.2, 0.25) is 5.02 Å². The van der Waals surface area contributed by atoms with Crippen molar-refractivity contribution in [1.82, 2.24) is 0 Å². The van der Waals surface area contributed by atoms with Gasteiger partial charge in [0.2, 0.25) is 0 Å². The Hall–Kier alpha value is -3.06. The summed E-state index contributed by atoms with van der Waals surface area (Å²) in [7, 11) is 0. The predicted molar refractivity (Wildman–Crippen MR) is 94.6 cm³/mol. The van der Waals surface area contributed by atoms with Gasteiger partial charge >= 0.3 is 6.09 Å². The van der Waals surface area contributed by atoms with E-state index in [0.717, 1.165) is 0 Å². The van der Waals surface area contributed by atoms with Crippen LogP contribution in [0, 0.1) is 0 Å². The van der Waals surface area contributed by atoms with E-state index < -0.39 is 24.0 Å². The van der Waals surface area contributed by atoms with E-state index in [1.165, 1.54) is 19.1 Å². The molecule has 0 aliphatic carbocycles. The minimum absolute atomic E-state index is 0.0904. The van der Waals surface area contributed by atoms with Crippen molar-refractivity contribution in [2.24, 2.45) is 5.73 Å². The summed E-state index contributed by atoms with van der Waals surface area (Å²) < 4.78 is 4.60. The van der Waals surface area contributed by atoms with Gasteiger partial charge in [-0.3, -0.25) is 9.59 Å². The summed E-state index contributed by atoms with van der Waals surface area (Å²) in [5, 5.41) is 5.36. The topological polar surface area (TPSA) is 111 Å².